The molecule has 0 fully saturated rings. The van der Waals surface area contributed by atoms with E-state index in [1.807, 2.05) is 0 Å². The molecule has 0 amide bonds. The van der Waals surface area contributed by atoms with Crippen molar-refractivity contribution >= 4 is 43.7 Å². The minimum absolute atomic E-state index is 0.113. The van der Waals surface area contributed by atoms with Crippen LogP contribution < -0.4 is 0 Å². The summed E-state index contributed by atoms with van der Waals surface area (Å²) in [7, 11) is -6.40. The summed E-state index contributed by atoms with van der Waals surface area (Å²) in [4.78, 5) is -0.376. The van der Waals surface area contributed by atoms with Crippen LogP contribution in [0.1, 0.15) is 0 Å². The highest BCUT2D eigenvalue weighted by atomic mass is 35.5. The molecule has 1 aromatic rings. The van der Waals surface area contributed by atoms with Crippen molar-refractivity contribution in [3.05, 3.63) is 22.2 Å². The zero-order chi connectivity index (χ0) is 11.8. The molecule has 0 radical (unpaired) electrons. The molecule has 4 nitrogen and oxygen atoms in total. The van der Waals surface area contributed by atoms with E-state index in [4.69, 9.17) is 23.2 Å². The van der Waals surface area contributed by atoms with Gasteiger partial charge in [-0.05, 0) is 12.1 Å². The maximum atomic E-state index is 11.2. The SMILES string of the molecule is CS(=O)(=O)c1cc(Cl)c([SH](=O)=O)c(Cl)c1. The summed E-state index contributed by atoms with van der Waals surface area (Å²) in [5, 5.41) is -0.391. The van der Waals surface area contributed by atoms with Crippen molar-refractivity contribution in [2.45, 2.75) is 9.79 Å². The minimum atomic E-state index is -3.46. The molecular formula is C7H6Cl2O4S2. The van der Waals surface area contributed by atoms with Crippen LogP contribution in [0.2, 0.25) is 10.0 Å². The van der Waals surface area contributed by atoms with Gasteiger partial charge in [0.1, 0.15) is 4.90 Å². The van der Waals surface area contributed by atoms with Crippen LogP contribution in [0, 0.1) is 0 Å². The lowest BCUT2D eigenvalue weighted by Crippen LogP contribution is -1.98. The summed E-state index contributed by atoms with van der Waals surface area (Å²) in [5.74, 6) is 0. The Kier molecular flexibility index (Phi) is 3.65. The Labute approximate surface area is 98.7 Å². The number of rotatable bonds is 2. The summed E-state index contributed by atoms with van der Waals surface area (Å²) in [6, 6.07) is 2.12. The third-order valence-corrected chi connectivity index (χ3v) is 4.40. The highest BCUT2D eigenvalue weighted by molar-refractivity contribution is 7.90. The molecule has 0 atom stereocenters. The second-order valence-electron chi connectivity index (χ2n) is 2.76. The number of hydrogen-bond donors (Lipinski definition) is 1. The summed E-state index contributed by atoms with van der Waals surface area (Å²) < 4.78 is 43.7. The molecular weight excluding hydrogens is 283 g/mol. The van der Waals surface area contributed by atoms with Crippen LogP contribution in [0.15, 0.2) is 21.9 Å². The first-order valence-electron chi connectivity index (χ1n) is 3.57. The van der Waals surface area contributed by atoms with Crippen molar-refractivity contribution in [3.8, 4) is 0 Å². The van der Waals surface area contributed by atoms with E-state index in [1.165, 1.54) is 0 Å². The molecule has 0 aliphatic heterocycles. The van der Waals surface area contributed by atoms with Crippen LogP contribution in [0.5, 0.6) is 0 Å². The number of sulfone groups is 1. The molecule has 0 aliphatic rings. The van der Waals surface area contributed by atoms with E-state index in [0.717, 1.165) is 18.4 Å². The van der Waals surface area contributed by atoms with E-state index < -0.39 is 20.5 Å². The lowest BCUT2D eigenvalue weighted by Gasteiger charge is -2.03. The third-order valence-electron chi connectivity index (χ3n) is 1.60. The highest BCUT2D eigenvalue weighted by Gasteiger charge is 2.15. The molecule has 1 aromatic carbocycles. The standard InChI is InChI=1S/C7H6Cl2O4S2/c1-15(12,13)4-2-5(8)7(14(10)11)6(9)3-4/h2-3,14H,1H3. The van der Waals surface area contributed by atoms with Gasteiger partial charge < -0.3 is 0 Å². The maximum absolute atomic E-state index is 11.2. The normalized spacial score (nSPS) is 12.0. The molecule has 0 heterocycles. The predicted molar refractivity (Wildman–Crippen MR) is 58.2 cm³/mol. The van der Waals surface area contributed by atoms with Crippen molar-refractivity contribution in [2.24, 2.45) is 0 Å². The highest BCUT2D eigenvalue weighted by Crippen LogP contribution is 2.29. The van der Waals surface area contributed by atoms with Crippen LogP contribution >= 0.6 is 23.2 Å². The number of hydrogen-bond acceptors (Lipinski definition) is 4. The zero-order valence-electron chi connectivity index (χ0n) is 7.40. The monoisotopic (exact) mass is 288 g/mol. The van der Waals surface area contributed by atoms with Gasteiger partial charge in [0.15, 0.2) is 20.5 Å². The van der Waals surface area contributed by atoms with E-state index in [2.05, 4.69) is 0 Å². The summed E-state index contributed by atoms with van der Waals surface area (Å²) in [6.45, 7) is 0. The Morgan fingerprint density at radius 3 is 1.80 bits per heavy atom. The molecule has 0 spiro atoms. The Morgan fingerprint density at radius 1 is 1.13 bits per heavy atom. The van der Waals surface area contributed by atoms with Crippen molar-refractivity contribution in [3.63, 3.8) is 0 Å². The summed E-state index contributed by atoms with van der Waals surface area (Å²) in [6.07, 6.45) is 0.978. The van der Waals surface area contributed by atoms with Crippen LogP contribution in [0.4, 0.5) is 0 Å². The maximum Gasteiger partial charge on any atom is 0.175 e. The number of benzene rings is 1. The average Bonchev–Trinajstić information content (AvgIpc) is 1.99. The van der Waals surface area contributed by atoms with Gasteiger partial charge in [0.05, 0.1) is 14.9 Å². The molecule has 8 heteroatoms. The van der Waals surface area contributed by atoms with Gasteiger partial charge in [-0.1, -0.05) is 23.2 Å². The van der Waals surface area contributed by atoms with Gasteiger partial charge in [-0.15, -0.1) is 0 Å². The Hall–Kier alpha value is -0.300. The van der Waals surface area contributed by atoms with Crippen LogP contribution in [0.3, 0.4) is 0 Å². The topological polar surface area (TPSA) is 68.3 Å². The van der Waals surface area contributed by atoms with Gasteiger partial charge in [-0.3, -0.25) is 0 Å². The molecule has 15 heavy (non-hydrogen) atoms. The fourth-order valence-electron chi connectivity index (χ4n) is 0.931. The largest absolute Gasteiger partial charge is 0.227 e. The molecule has 0 bridgehead atoms. The fraction of sp³-hybridized carbons (Fsp3) is 0.143. The molecule has 0 N–H and O–H groups in total. The molecule has 84 valence electrons. The van der Waals surface area contributed by atoms with Gasteiger partial charge in [0.25, 0.3) is 0 Å². The minimum Gasteiger partial charge on any atom is -0.227 e. The summed E-state index contributed by atoms with van der Waals surface area (Å²) >= 11 is 11.2. The van der Waals surface area contributed by atoms with Gasteiger partial charge >= 0.3 is 0 Å². The van der Waals surface area contributed by atoms with Crippen molar-refractivity contribution in [2.75, 3.05) is 6.26 Å². The molecule has 0 aromatic heterocycles. The van der Waals surface area contributed by atoms with E-state index in [1.54, 1.807) is 0 Å². The molecule has 0 saturated heterocycles. The number of halogens is 2. The first-order valence-corrected chi connectivity index (χ1v) is 7.39. The smallest absolute Gasteiger partial charge is 0.175 e. The number of thiol groups is 1. The molecule has 1 rings (SSSR count). The zero-order valence-corrected chi connectivity index (χ0v) is 10.6. The van der Waals surface area contributed by atoms with Crippen molar-refractivity contribution < 1.29 is 16.8 Å². The van der Waals surface area contributed by atoms with E-state index >= 15 is 0 Å². The lowest BCUT2D eigenvalue weighted by molar-refractivity contribution is 0.601. The molecule has 0 unspecified atom stereocenters. The van der Waals surface area contributed by atoms with Crippen LogP contribution in [-0.2, 0) is 20.5 Å². The first kappa shape index (κ1) is 12.8. The van der Waals surface area contributed by atoms with Crippen LogP contribution in [0.25, 0.3) is 0 Å². The average molecular weight is 289 g/mol. The lowest BCUT2D eigenvalue weighted by atomic mass is 10.3. The van der Waals surface area contributed by atoms with Crippen LogP contribution in [-0.4, -0.2) is 23.1 Å². The third kappa shape index (κ3) is 2.84. The second kappa shape index (κ2) is 4.29. The summed E-state index contributed by atoms with van der Waals surface area (Å²) in [5.41, 5.74) is 0. The van der Waals surface area contributed by atoms with Gasteiger partial charge in [0, 0.05) is 6.26 Å². The van der Waals surface area contributed by atoms with E-state index in [0.29, 0.717) is 0 Å². The quantitative estimate of drug-likeness (QED) is 0.835. The van der Waals surface area contributed by atoms with Gasteiger partial charge in [-0.2, -0.15) is 0 Å². The molecule has 0 aliphatic carbocycles. The second-order valence-corrected chi connectivity index (χ2v) is 6.56. The van der Waals surface area contributed by atoms with Gasteiger partial charge in [-0.25, -0.2) is 16.8 Å². The predicted octanol–water partition coefficient (Wildman–Crippen LogP) is 1.37. The van der Waals surface area contributed by atoms with E-state index in [9.17, 15) is 16.8 Å². The Balaban J connectivity index is 3.59. The van der Waals surface area contributed by atoms with E-state index in [-0.39, 0.29) is 19.8 Å². The fourth-order valence-corrected chi connectivity index (χ4v) is 3.10. The first-order chi connectivity index (χ1) is 6.73. The van der Waals surface area contributed by atoms with Crippen molar-refractivity contribution in [1.29, 1.82) is 0 Å². The Morgan fingerprint density at radius 2 is 1.53 bits per heavy atom. The molecule has 0 saturated carbocycles. The van der Waals surface area contributed by atoms with Gasteiger partial charge in [0.2, 0.25) is 0 Å². The Bertz CT molecular complexity index is 544. The van der Waals surface area contributed by atoms with Crippen molar-refractivity contribution in [1.82, 2.24) is 0 Å².